The molecule has 1 fully saturated rings. The van der Waals surface area contributed by atoms with E-state index in [4.69, 9.17) is 5.26 Å². The smallest absolute Gasteiger partial charge is 0.248 e. The highest BCUT2D eigenvalue weighted by atomic mass is 32.2. The van der Waals surface area contributed by atoms with E-state index in [0.717, 1.165) is 29.8 Å². The van der Waals surface area contributed by atoms with Crippen molar-refractivity contribution in [1.29, 1.82) is 5.26 Å². The quantitative estimate of drug-likeness (QED) is 0.871. The van der Waals surface area contributed by atoms with E-state index in [9.17, 15) is 8.42 Å². The number of fused-ring (bicyclic) bond motifs is 1. The van der Waals surface area contributed by atoms with E-state index in [1.807, 2.05) is 24.3 Å². The average molecular weight is 325 g/mol. The maximum atomic E-state index is 13.0. The SMILES string of the molecule is N#Cc1ccc(CN2c3ccccc3N(C3CC3)S2(=O)=O)cc1. The molecular weight excluding hydrogens is 310 g/mol. The first kappa shape index (κ1) is 14.1. The second-order valence-corrected chi connectivity index (χ2v) is 7.57. The maximum Gasteiger partial charge on any atom is 0.327 e. The van der Waals surface area contributed by atoms with Gasteiger partial charge in [-0.3, -0.25) is 0 Å². The van der Waals surface area contributed by atoms with Crippen molar-refractivity contribution in [3.63, 3.8) is 0 Å². The molecule has 23 heavy (non-hydrogen) atoms. The Labute approximate surface area is 135 Å². The normalized spacial score (nSPS) is 18.6. The number of nitriles is 1. The lowest BCUT2D eigenvalue weighted by molar-refractivity contribution is 0.588. The lowest BCUT2D eigenvalue weighted by atomic mass is 10.1. The summed E-state index contributed by atoms with van der Waals surface area (Å²) in [5.74, 6) is 0. The number of benzene rings is 2. The van der Waals surface area contributed by atoms with Gasteiger partial charge in [-0.05, 0) is 42.7 Å². The van der Waals surface area contributed by atoms with Crippen LogP contribution in [0.15, 0.2) is 48.5 Å². The van der Waals surface area contributed by atoms with Crippen molar-refractivity contribution in [3.05, 3.63) is 59.7 Å². The molecule has 5 nitrogen and oxygen atoms in total. The van der Waals surface area contributed by atoms with E-state index in [1.165, 1.54) is 4.31 Å². The van der Waals surface area contributed by atoms with Crippen LogP contribution in [0, 0.1) is 11.3 Å². The molecule has 0 amide bonds. The molecule has 2 aromatic carbocycles. The third-order valence-corrected chi connectivity index (χ3v) is 6.08. The number of para-hydroxylation sites is 2. The molecule has 0 radical (unpaired) electrons. The first-order chi connectivity index (χ1) is 11.1. The van der Waals surface area contributed by atoms with Crippen LogP contribution in [0.25, 0.3) is 0 Å². The Kier molecular flexibility index (Phi) is 3.06. The molecule has 0 atom stereocenters. The molecule has 116 valence electrons. The van der Waals surface area contributed by atoms with E-state index in [0.29, 0.717) is 5.56 Å². The van der Waals surface area contributed by atoms with E-state index >= 15 is 0 Å². The lowest BCUT2D eigenvalue weighted by Gasteiger charge is -2.21. The van der Waals surface area contributed by atoms with Crippen molar-refractivity contribution in [1.82, 2.24) is 0 Å². The van der Waals surface area contributed by atoms with Gasteiger partial charge in [-0.2, -0.15) is 13.7 Å². The van der Waals surface area contributed by atoms with Crippen LogP contribution in [-0.2, 0) is 16.8 Å². The van der Waals surface area contributed by atoms with Crippen molar-refractivity contribution >= 4 is 21.6 Å². The third kappa shape index (κ3) is 2.25. The van der Waals surface area contributed by atoms with Gasteiger partial charge in [-0.1, -0.05) is 24.3 Å². The molecule has 1 saturated carbocycles. The van der Waals surface area contributed by atoms with Crippen molar-refractivity contribution < 1.29 is 8.42 Å². The molecule has 4 rings (SSSR count). The number of hydrogen-bond acceptors (Lipinski definition) is 3. The largest absolute Gasteiger partial charge is 0.327 e. The Balaban J connectivity index is 1.73. The average Bonchev–Trinajstić information content (AvgIpc) is 3.35. The molecule has 6 heteroatoms. The Hall–Kier alpha value is -2.52. The molecular formula is C17H15N3O2S. The van der Waals surface area contributed by atoms with Gasteiger partial charge in [0.15, 0.2) is 0 Å². The highest BCUT2D eigenvalue weighted by molar-refractivity contribution is 7.94. The van der Waals surface area contributed by atoms with Crippen LogP contribution in [0.5, 0.6) is 0 Å². The Morgan fingerprint density at radius 3 is 2.30 bits per heavy atom. The predicted octanol–water partition coefficient (Wildman–Crippen LogP) is 2.79. The zero-order valence-electron chi connectivity index (χ0n) is 12.4. The summed E-state index contributed by atoms with van der Waals surface area (Å²) in [7, 11) is -3.54. The van der Waals surface area contributed by atoms with Crippen molar-refractivity contribution in [2.45, 2.75) is 25.4 Å². The molecule has 1 aliphatic carbocycles. The lowest BCUT2D eigenvalue weighted by Crippen LogP contribution is -2.38. The molecule has 0 aromatic heterocycles. The molecule has 2 aliphatic rings. The number of hydrogen-bond donors (Lipinski definition) is 0. The monoisotopic (exact) mass is 325 g/mol. The molecule has 1 heterocycles. The fourth-order valence-electron chi connectivity index (χ4n) is 2.93. The Bertz CT molecular complexity index is 896. The maximum absolute atomic E-state index is 13.0. The molecule has 2 aromatic rings. The molecule has 0 N–H and O–H groups in total. The van der Waals surface area contributed by atoms with Crippen LogP contribution in [0.4, 0.5) is 11.4 Å². The summed E-state index contributed by atoms with van der Waals surface area (Å²) in [6.45, 7) is 0.272. The molecule has 1 aliphatic heterocycles. The van der Waals surface area contributed by atoms with Gasteiger partial charge in [-0.15, -0.1) is 0 Å². The van der Waals surface area contributed by atoms with Crippen molar-refractivity contribution in [2.75, 3.05) is 8.61 Å². The first-order valence-corrected chi connectivity index (χ1v) is 8.91. The van der Waals surface area contributed by atoms with Crippen molar-refractivity contribution in [3.8, 4) is 6.07 Å². The second-order valence-electron chi connectivity index (χ2n) is 5.84. The van der Waals surface area contributed by atoms with Gasteiger partial charge in [0.1, 0.15) is 0 Å². The summed E-state index contributed by atoms with van der Waals surface area (Å²) in [5.41, 5.74) is 2.92. The van der Waals surface area contributed by atoms with Crippen LogP contribution in [0.2, 0.25) is 0 Å². The number of nitrogens with zero attached hydrogens (tertiary/aromatic N) is 3. The van der Waals surface area contributed by atoms with E-state index in [-0.39, 0.29) is 12.6 Å². The van der Waals surface area contributed by atoms with Crippen LogP contribution < -0.4 is 8.61 Å². The number of anilines is 2. The summed E-state index contributed by atoms with van der Waals surface area (Å²) in [6.07, 6.45) is 1.83. The topological polar surface area (TPSA) is 64.4 Å². The van der Waals surface area contributed by atoms with Crippen LogP contribution in [-0.4, -0.2) is 14.5 Å². The highest BCUT2D eigenvalue weighted by Gasteiger charge is 2.47. The standard InChI is InChI=1S/C17H15N3O2S/c18-11-13-5-7-14(8-6-13)12-19-16-3-1-2-4-17(16)20(15-9-10-15)23(19,21)22/h1-8,15H,9-10,12H2. The van der Waals surface area contributed by atoms with Gasteiger partial charge in [0.05, 0.1) is 29.6 Å². The predicted molar refractivity (Wildman–Crippen MR) is 88.2 cm³/mol. The summed E-state index contributed by atoms with van der Waals surface area (Å²) < 4.78 is 28.9. The van der Waals surface area contributed by atoms with Crippen molar-refractivity contribution in [2.24, 2.45) is 0 Å². The zero-order valence-corrected chi connectivity index (χ0v) is 13.2. The Morgan fingerprint density at radius 1 is 1.04 bits per heavy atom. The molecule has 0 spiro atoms. The fraction of sp³-hybridized carbons (Fsp3) is 0.235. The van der Waals surface area contributed by atoms with Gasteiger partial charge in [-0.25, -0.2) is 8.61 Å². The third-order valence-electron chi connectivity index (χ3n) is 4.20. The minimum Gasteiger partial charge on any atom is -0.248 e. The van der Waals surface area contributed by atoms with Gasteiger partial charge in [0.2, 0.25) is 0 Å². The highest BCUT2D eigenvalue weighted by Crippen LogP contribution is 2.47. The summed E-state index contributed by atoms with van der Waals surface area (Å²) in [4.78, 5) is 0. The molecule has 0 saturated heterocycles. The number of rotatable bonds is 3. The van der Waals surface area contributed by atoms with Crippen LogP contribution >= 0.6 is 0 Å². The zero-order chi connectivity index (χ0) is 16.0. The van der Waals surface area contributed by atoms with Gasteiger partial charge >= 0.3 is 10.2 Å². The molecule has 0 bridgehead atoms. The first-order valence-electron chi connectivity index (χ1n) is 7.51. The summed E-state index contributed by atoms with van der Waals surface area (Å²) >= 11 is 0. The summed E-state index contributed by atoms with van der Waals surface area (Å²) in [6, 6.07) is 16.6. The minimum absolute atomic E-state index is 0.0899. The second kappa shape index (κ2) is 5.00. The molecule has 0 unspecified atom stereocenters. The fourth-order valence-corrected chi connectivity index (χ4v) is 4.85. The van der Waals surface area contributed by atoms with Gasteiger partial charge in [0.25, 0.3) is 0 Å². The van der Waals surface area contributed by atoms with E-state index in [1.54, 1.807) is 28.6 Å². The van der Waals surface area contributed by atoms with E-state index < -0.39 is 10.2 Å². The summed E-state index contributed by atoms with van der Waals surface area (Å²) in [5, 5.41) is 8.87. The Morgan fingerprint density at radius 2 is 1.70 bits per heavy atom. The van der Waals surface area contributed by atoms with Crippen LogP contribution in [0.3, 0.4) is 0 Å². The van der Waals surface area contributed by atoms with Crippen LogP contribution in [0.1, 0.15) is 24.0 Å². The van der Waals surface area contributed by atoms with E-state index in [2.05, 4.69) is 6.07 Å². The minimum atomic E-state index is -3.54. The van der Waals surface area contributed by atoms with Gasteiger partial charge < -0.3 is 0 Å². The van der Waals surface area contributed by atoms with Gasteiger partial charge in [0, 0.05) is 6.04 Å².